The molecule has 0 unspecified atom stereocenters. The third kappa shape index (κ3) is 2.87. The summed E-state index contributed by atoms with van der Waals surface area (Å²) < 4.78 is 14.0. The third-order valence-electron chi connectivity index (χ3n) is 1.23. The molecule has 0 aromatic carbocycles. The van der Waals surface area contributed by atoms with Crippen LogP contribution >= 0.6 is 12.3 Å². The van der Waals surface area contributed by atoms with Gasteiger partial charge < -0.3 is 10.1 Å². The lowest BCUT2D eigenvalue weighted by molar-refractivity contribution is 0.912. The predicted molar refractivity (Wildman–Crippen MR) is 43.6 cm³/mol. The van der Waals surface area contributed by atoms with Crippen LogP contribution in [-0.2, 0) is 0 Å². The van der Waals surface area contributed by atoms with Crippen molar-refractivity contribution in [1.29, 1.82) is 5.41 Å². The summed E-state index contributed by atoms with van der Waals surface area (Å²) >= 11 is 0.0576. The molecule has 0 aromatic rings. The van der Waals surface area contributed by atoms with Crippen LogP contribution < -0.4 is 4.72 Å². The van der Waals surface area contributed by atoms with Crippen molar-refractivity contribution in [1.82, 2.24) is 4.72 Å². The fourth-order valence-corrected chi connectivity index (χ4v) is 0.846. The minimum absolute atomic E-state index is 0.0576. The number of allylic oxidation sites excluding steroid dienone is 2. The number of rotatable bonds is 4. The average molecular weight is 162 g/mol. The number of hydrogen-bond acceptors (Lipinski definition) is 3. The van der Waals surface area contributed by atoms with Gasteiger partial charge in [-0.1, -0.05) is 6.92 Å². The Balaban J connectivity index is 4.12. The first-order valence-corrected chi connectivity index (χ1v) is 3.71. The first-order chi connectivity index (χ1) is 4.76. The van der Waals surface area contributed by atoms with Gasteiger partial charge in [0, 0.05) is 11.9 Å². The predicted octanol–water partition coefficient (Wildman–Crippen LogP) is 2.44. The zero-order valence-corrected chi connectivity index (χ0v) is 6.89. The van der Waals surface area contributed by atoms with E-state index in [1.54, 1.807) is 6.92 Å². The molecule has 0 saturated heterocycles. The van der Waals surface area contributed by atoms with Crippen LogP contribution in [0.3, 0.4) is 0 Å². The van der Waals surface area contributed by atoms with Gasteiger partial charge in [0.15, 0.2) is 12.3 Å². The van der Waals surface area contributed by atoms with Crippen molar-refractivity contribution in [3.63, 3.8) is 0 Å². The van der Waals surface area contributed by atoms with Gasteiger partial charge in [-0.3, -0.25) is 0 Å². The Morgan fingerprint density at radius 3 is 2.70 bits per heavy atom. The summed E-state index contributed by atoms with van der Waals surface area (Å²) in [5.41, 5.74) is 1.54. The van der Waals surface area contributed by atoms with Crippen molar-refractivity contribution in [2.45, 2.75) is 20.3 Å². The molecule has 0 fully saturated rings. The van der Waals surface area contributed by atoms with E-state index in [1.165, 1.54) is 6.21 Å². The number of halogens is 1. The van der Waals surface area contributed by atoms with Crippen molar-refractivity contribution in [2.24, 2.45) is 0 Å². The van der Waals surface area contributed by atoms with Gasteiger partial charge in [0.05, 0.1) is 0 Å². The maximum Gasteiger partial charge on any atom is 0.162 e. The fraction of sp³-hybridized carbons (Fsp3) is 0.500. The zero-order valence-electron chi connectivity index (χ0n) is 6.07. The van der Waals surface area contributed by atoms with Gasteiger partial charge in [0.1, 0.15) is 0 Å². The maximum absolute atomic E-state index is 11.6. The lowest BCUT2D eigenvalue weighted by Gasteiger charge is -2.02. The molecule has 4 heteroatoms. The van der Waals surface area contributed by atoms with Crippen LogP contribution in [-0.4, -0.2) is 6.21 Å². The molecule has 0 rings (SSSR count). The SMILES string of the molecule is CC/C(C=N)=C(\C)NSF. The molecule has 0 heterocycles. The first-order valence-electron chi connectivity index (χ1n) is 3.00. The second-order valence-corrected chi connectivity index (χ2v) is 2.19. The van der Waals surface area contributed by atoms with Gasteiger partial charge in [-0.05, 0) is 18.9 Å². The molecule has 0 radical (unpaired) electrons. The molecule has 0 spiro atoms. The van der Waals surface area contributed by atoms with Gasteiger partial charge in [-0.25, -0.2) is 0 Å². The minimum Gasteiger partial charge on any atom is -0.308 e. The Kier molecular flexibility index (Phi) is 5.02. The summed E-state index contributed by atoms with van der Waals surface area (Å²) in [6.07, 6.45) is 1.99. The smallest absolute Gasteiger partial charge is 0.162 e. The molecule has 58 valence electrons. The fourth-order valence-electron chi connectivity index (χ4n) is 0.599. The van der Waals surface area contributed by atoms with E-state index in [0.717, 1.165) is 12.0 Å². The van der Waals surface area contributed by atoms with E-state index >= 15 is 0 Å². The second kappa shape index (κ2) is 5.29. The highest BCUT2D eigenvalue weighted by atomic mass is 32.2. The normalized spacial score (nSPS) is 12.3. The van der Waals surface area contributed by atoms with Crippen molar-refractivity contribution >= 4 is 18.5 Å². The van der Waals surface area contributed by atoms with Gasteiger partial charge >= 0.3 is 0 Å². The molecule has 0 aromatic heterocycles. The molecule has 2 nitrogen and oxygen atoms in total. The zero-order chi connectivity index (χ0) is 7.98. The highest BCUT2D eigenvalue weighted by Crippen LogP contribution is 2.06. The highest BCUT2D eigenvalue weighted by molar-refractivity contribution is 7.92. The van der Waals surface area contributed by atoms with Gasteiger partial charge in [0.2, 0.25) is 0 Å². The lowest BCUT2D eigenvalue weighted by atomic mass is 10.2. The van der Waals surface area contributed by atoms with Crippen LogP contribution in [0, 0.1) is 5.41 Å². The molecule has 0 bridgehead atoms. The van der Waals surface area contributed by atoms with Crippen LogP contribution in [0.5, 0.6) is 0 Å². The summed E-state index contributed by atoms with van der Waals surface area (Å²) in [4.78, 5) is 0. The summed E-state index contributed by atoms with van der Waals surface area (Å²) in [6, 6.07) is 0. The van der Waals surface area contributed by atoms with Crippen molar-refractivity contribution in [3.8, 4) is 0 Å². The van der Waals surface area contributed by atoms with E-state index in [1.807, 2.05) is 6.92 Å². The number of hydrogen-bond donors (Lipinski definition) is 2. The van der Waals surface area contributed by atoms with Gasteiger partial charge in [-0.2, -0.15) is 0 Å². The topological polar surface area (TPSA) is 35.9 Å². The first kappa shape index (κ1) is 9.49. The molecule has 0 aliphatic heterocycles. The van der Waals surface area contributed by atoms with E-state index in [-0.39, 0.29) is 12.3 Å². The number of nitrogens with one attached hydrogen (secondary N) is 2. The molecular weight excluding hydrogens is 151 g/mol. The third-order valence-corrected chi connectivity index (χ3v) is 1.61. The van der Waals surface area contributed by atoms with Crippen LogP contribution in [0.4, 0.5) is 3.89 Å². The quantitative estimate of drug-likeness (QED) is 0.492. The Labute approximate surface area is 64.8 Å². The molecule has 0 amide bonds. The Bertz CT molecular complexity index is 145. The molecule has 0 aliphatic carbocycles. The van der Waals surface area contributed by atoms with Crippen LogP contribution in [0.15, 0.2) is 11.3 Å². The van der Waals surface area contributed by atoms with Crippen LogP contribution in [0.1, 0.15) is 20.3 Å². The molecule has 2 N–H and O–H groups in total. The Morgan fingerprint density at radius 1 is 1.80 bits per heavy atom. The average Bonchev–Trinajstić information content (AvgIpc) is 1.91. The highest BCUT2D eigenvalue weighted by Gasteiger charge is 1.95. The lowest BCUT2D eigenvalue weighted by Crippen LogP contribution is -2.01. The summed E-state index contributed by atoms with van der Waals surface area (Å²) in [6.45, 7) is 3.67. The van der Waals surface area contributed by atoms with E-state index in [2.05, 4.69) is 4.72 Å². The van der Waals surface area contributed by atoms with E-state index in [9.17, 15) is 3.89 Å². The minimum atomic E-state index is 0.0576. The summed E-state index contributed by atoms with van der Waals surface area (Å²) in [5.74, 6) is 0. The summed E-state index contributed by atoms with van der Waals surface area (Å²) in [7, 11) is 0. The molecular formula is C6H11FN2S. The molecule has 0 atom stereocenters. The maximum atomic E-state index is 11.6. The monoisotopic (exact) mass is 162 g/mol. The van der Waals surface area contributed by atoms with Crippen molar-refractivity contribution in [3.05, 3.63) is 11.3 Å². The van der Waals surface area contributed by atoms with Gasteiger partial charge in [-0.15, -0.1) is 3.89 Å². The van der Waals surface area contributed by atoms with Crippen LogP contribution in [0.25, 0.3) is 0 Å². The van der Waals surface area contributed by atoms with E-state index in [4.69, 9.17) is 5.41 Å². The Hall–Kier alpha value is -0.510. The molecule has 0 aliphatic rings. The molecule has 10 heavy (non-hydrogen) atoms. The van der Waals surface area contributed by atoms with Gasteiger partial charge in [0.25, 0.3) is 0 Å². The van der Waals surface area contributed by atoms with Crippen molar-refractivity contribution < 1.29 is 3.89 Å². The van der Waals surface area contributed by atoms with Crippen molar-refractivity contribution in [2.75, 3.05) is 0 Å². The molecule has 0 saturated carbocycles. The standard InChI is InChI=1S/C6H11FN2S/c1-3-6(4-8)5(2)9-10-7/h4,8-9H,3H2,1-2H3/b6-5-,8-4?. The van der Waals surface area contributed by atoms with Crippen LogP contribution in [0.2, 0.25) is 0 Å². The van der Waals surface area contributed by atoms with E-state index < -0.39 is 0 Å². The summed E-state index contributed by atoms with van der Waals surface area (Å²) in [5, 5.41) is 6.91. The second-order valence-electron chi connectivity index (χ2n) is 1.83. The Morgan fingerprint density at radius 2 is 2.40 bits per heavy atom. The largest absolute Gasteiger partial charge is 0.308 e. The van der Waals surface area contributed by atoms with E-state index in [0.29, 0.717) is 5.70 Å².